The lowest BCUT2D eigenvalue weighted by atomic mass is 10.2. The van der Waals surface area contributed by atoms with E-state index in [4.69, 9.17) is 4.74 Å². The fourth-order valence-electron chi connectivity index (χ4n) is 2.29. The van der Waals surface area contributed by atoms with Gasteiger partial charge < -0.3 is 20.5 Å². The molecule has 2 amide bonds. The van der Waals surface area contributed by atoms with Crippen molar-refractivity contribution in [3.8, 4) is 0 Å². The molecule has 9 heteroatoms. The molecule has 0 saturated carbocycles. The molecule has 0 saturated heterocycles. The molecule has 2 aromatic carbocycles. The molecule has 0 spiro atoms. The number of amides is 2. The molecule has 1 unspecified atom stereocenters. The van der Waals surface area contributed by atoms with Crippen LogP contribution in [-0.4, -0.2) is 40.6 Å². The van der Waals surface area contributed by atoms with Gasteiger partial charge in [0.05, 0.1) is 5.75 Å². The van der Waals surface area contributed by atoms with Crippen LogP contribution in [0.15, 0.2) is 59.1 Å². The number of ether oxygens (including phenoxy) is 1. The topological polar surface area (TPSA) is 105 Å². The van der Waals surface area contributed by atoms with Crippen molar-refractivity contribution in [1.29, 1.82) is 0 Å². The van der Waals surface area contributed by atoms with Gasteiger partial charge >= 0.3 is 12.1 Å². The highest BCUT2D eigenvalue weighted by molar-refractivity contribution is 9.10. The van der Waals surface area contributed by atoms with Gasteiger partial charge in [-0.3, -0.25) is 4.79 Å². The number of carboxylic acid groups (broad SMARTS) is 1. The summed E-state index contributed by atoms with van der Waals surface area (Å²) in [6.45, 7) is 0.0591. The molecule has 2 rings (SSSR count). The number of carboxylic acids is 1. The van der Waals surface area contributed by atoms with Gasteiger partial charge in [-0.15, -0.1) is 0 Å². The Labute approximate surface area is 181 Å². The summed E-state index contributed by atoms with van der Waals surface area (Å²) >= 11 is 4.62. The van der Waals surface area contributed by atoms with Crippen LogP contribution < -0.4 is 10.6 Å². The van der Waals surface area contributed by atoms with Gasteiger partial charge in [0.2, 0.25) is 5.91 Å². The van der Waals surface area contributed by atoms with E-state index in [1.165, 1.54) is 11.8 Å². The van der Waals surface area contributed by atoms with Crippen LogP contribution in [0.4, 0.5) is 10.5 Å². The van der Waals surface area contributed by atoms with Crippen LogP contribution in [0, 0.1) is 0 Å². The summed E-state index contributed by atoms with van der Waals surface area (Å²) in [4.78, 5) is 35.1. The summed E-state index contributed by atoms with van der Waals surface area (Å²) in [5.74, 6) is -0.768. The van der Waals surface area contributed by atoms with E-state index in [1.807, 2.05) is 30.3 Å². The fraction of sp³-hybridized carbons (Fsp3) is 0.250. The Morgan fingerprint density at radius 3 is 2.55 bits per heavy atom. The molecule has 2 aromatic rings. The van der Waals surface area contributed by atoms with Crippen molar-refractivity contribution in [2.24, 2.45) is 0 Å². The molecule has 0 radical (unpaired) electrons. The molecule has 3 N–H and O–H groups in total. The Morgan fingerprint density at radius 2 is 1.86 bits per heavy atom. The largest absolute Gasteiger partial charge is 0.480 e. The molecular weight excluding hydrogens is 460 g/mol. The van der Waals surface area contributed by atoms with Crippen LogP contribution in [0.25, 0.3) is 0 Å². The number of benzene rings is 2. The van der Waals surface area contributed by atoms with Gasteiger partial charge in [-0.2, -0.15) is 11.8 Å². The summed E-state index contributed by atoms with van der Waals surface area (Å²) in [6.07, 6.45) is -0.622. The minimum atomic E-state index is -1.15. The maximum Gasteiger partial charge on any atom is 0.408 e. The van der Waals surface area contributed by atoms with E-state index in [-0.39, 0.29) is 24.7 Å². The molecule has 154 valence electrons. The number of carbonyl (C=O) groups excluding carboxylic acids is 2. The maximum absolute atomic E-state index is 11.9. The molecule has 0 aliphatic rings. The van der Waals surface area contributed by atoms with E-state index >= 15 is 0 Å². The zero-order valence-corrected chi connectivity index (χ0v) is 17.9. The van der Waals surface area contributed by atoms with Crippen LogP contribution in [-0.2, 0) is 20.9 Å². The molecule has 0 bridgehead atoms. The number of hydrogen-bond acceptors (Lipinski definition) is 5. The average Bonchev–Trinajstić information content (AvgIpc) is 2.69. The predicted molar refractivity (Wildman–Crippen MR) is 116 cm³/mol. The van der Waals surface area contributed by atoms with Gasteiger partial charge in [0.1, 0.15) is 12.6 Å². The van der Waals surface area contributed by atoms with E-state index in [9.17, 15) is 19.5 Å². The summed E-state index contributed by atoms with van der Waals surface area (Å²) in [7, 11) is 0. The number of rotatable bonds is 10. The van der Waals surface area contributed by atoms with Crippen LogP contribution in [0.1, 0.15) is 12.0 Å². The number of alkyl carbamates (subject to hydrolysis) is 1. The third kappa shape index (κ3) is 9.01. The van der Waals surface area contributed by atoms with Crippen molar-refractivity contribution in [3.05, 3.63) is 64.6 Å². The number of carbonyl (C=O) groups is 3. The van der Waals surface area contributed by atoms with E-state index in [0.717, 1.165) is 10.0 Å². The lowest BCUT2D eigenvalue weighted by Gasteiger charge is -2.14. The third-order valence-corrected chi connectivity index (χ3v) is 5.18. The van der Waals surface area contributed by atoms with Gasteiger partial charge in [0.15, 0.2) is 0 Å². The Kier molecular flexibility index (Phi) is 9.52. The van der Waals surface area contributed by atoms with Crippen molar-refractivity contribution in [3.63, 3.8) is 0 Å². The highest BCUT2D eigenvalue weighted by Gasteiger charge is 2.20. The SMILES string of the molecule is O=C(CSCCC(NC(=O)OCc1ccccc1)C(=O)O)Nc1cccc(Br)c1. The zero-order valence-electron chi connectivity index (χ0n) is 15.5. The van der Waals surface area contributed by atoms with E-state index in [2.05, 4.69) is 26.6 Å². The molecule has 29 heavy (non-hydrogen) atoms. The normalized spacial score (nSPS) is 11.3. The molecule has 7 nitrogen and oxygen atoms in total. The standard InChI is InChI=1S/C20H21BrN2O5S/c21-15-7-4-8-16(11-15)22-18(24)13-29-10-9-17(19(25)26)23-20(27)28-12-14-5-2-1-3-6-14/h1-8,11,17H,9-10,12-13H2,(H,22,24)(H,23,27)(H,25,26). The molecule has 1 atom stereocenters. The third-order valence-electron chi connectivity index (χ3n) is 3.70. The smallest absolute Gasteiger partial charge is 0.408 e. The molecule has 0 fully saturated rings. The summed E-state index contributed by atoms with van der Waals surface area (Å²) in [5.41, 5.74) is 1.48. The van der Waals surface area contributed by atoms with Crippen LogP contribution >= 0.6 is 27.7 Å². The lowest BCUT2D eigenvalue weighted by Crippen LogP contribution is -2.41. The Morgan fingerprint density at radius 1 is 1.10 bits per heavy atom. The van der Waals surface area contributed by atoms with Crippen molar-refractivity contribution < 1.29 is 24.2 Å². The summed E-state index contributed by atoms with van der Waals surface area (Å²) in [6, 6.07) is 15.2. The number of nitrogens with one attached hydrogen (secondary N) is 2. The second-order valence-electron chi connectivity index (χ2n) is 6.00. The first kappa shape index (κ1) is 22.8. The number of anilines is 1. The molecule has 0 aromatic heterocycles. The van der Waals surface area contributed by atoms with Crippen molar-refractivity contribution in [2.45, 2.75) is 19.1 Å². The molecule has 0 heterocycles. The number of hydrogen-bond donors (Lipinski definition) is 3. The van der Waals surface area contributed by atoms with Gasteiger partial charge in [-0.05, 0) is 35.9 Å². The summed E-state index contributed by atoms with van der Waals surface area (Å²) in [5, 5.41) is 14.4. The van der Waals surface area contributed by atoms with Crippen LogP contribution in [0.5, 0.6) is 0 Å². The average molecular weight is 481 g/mol. The van der Waals surface area contributed by atoms with Gasteiger partial charge in [-0.25, -0.2) is 9.59 Å². The Balaban J connectivity index is 1.68. The van der Waals surface area contributed by atoms with E-state index < -0.39 is 18.1 Å². The Hall–Kier alpha value is -2.52. The highest BCUT2D eigenvalue weighted by atomic mass is 79.9. The number of aliphatic carboxylic acids is 1. The zero-order chi connectivity index (χ0) is 21.1. The van der Waals surface area contributed by atoms with Crippen LogP contribution in [0.3, 0.4) is 0 Å². The van der Waals surface area contributed by atoms with Gasteiger partial charge in [-0.1, -0.05) is 52.3 Å². The van der Waals surface area contributed by atoms with E-state index in [0.29, 0.717) is 11.4 Å². The fourth-order valence-corrected chi connectivity index (χ4v) is 3.50. The van der Waals surface area contributed by atoms with Crippen molar-refractivity contribution >= 4 is 51.3 Å². The monoisotopic (exact) mass is 480 g/mol. The van der Waals surface area contributed by atoms with Crippen molar-refractivity contribution in [1.82, 2.24) is 5.32 Å². The minimum Gasteiger partial charge on any atom is -0.480 e. The van der Waals surface area contributed by atoms with Gasteiger partial charge in [0.25, 0.3) is 0 Å². The maximum atomic E-state index is 11.9. The number of halogens is 1. The first-order valence-electron chi connectivity index (χ1n) is 8.77. The highest BCUT2D eigenvalue weighted by Crippen LogP contribution is 2.16. The Bertz CT molecular complexity index is 835. The van der Waals surface area contributed by atoms with Crippen molar-refractivity contribution in [2.75, 3.05) is 16.8 Å². The minimum absolute atomic E-state index is 0.0591. The second kappa shape index (κ2) is 12.1. The van der Waals surface area contributed by atoms with E-state index in [1.54, 1.807) is 24.3 Å². The molecule has 0 aliphatic carbocycles. The number of thioether (sulfide) groups is 1. The second-order valence-corrected chi connectivity index (χ2v) is 8.02. The molecule has 0 aliphatic heterocycles. The molecular formula is C20H21BrN2O5S. The quantitative estimate of drug-likeness (QED) is 0.445. The first-order chi connectivity index (χ1) is 13.9. The predicted octanol–water partition coefficient (Wildman–Crippen LogP) is 3.89. The first-order valence-corrected chi connectivity index (χ1v) is 10.7. The van der Waals surface area contributed by atoms with Crippen LogP contribution in [0.2, 0.25) is 0 Å². The lowest BCUT2D eigenvalue weighted by molar-refractivity contribution is -0.139. The van der Waals surface area contributed by atoms with Gasteiger partial charge in [0, 0.05) is 10.2 Å². The summed E-state index contributed by atoms with van der Waals surface area (Å²) < 4.78 is 5.90.